The van der Waals surface area contributed by atoms with Crippen molar-refractivity contribution in [3.8, 4) is 39.4 Å². The van der Waals surface area contributed by atoms with Gasteiger partial charge in [-0.2, -0.15) is 0 Å². The van der Waals surface area contributed by atoms with Crippen molar-refractivity contribution in [2.75, 3.05) is 9.80 Å². The zero-order valence-electron chi connectivity index (χ0n) is 49.7. The van der Waals surface area contributed by atoms with Crippen molar-refractivity contribution >= 4 is 188 Å². The summed E-state index contributed by atoms with van der Waals surface area (Å²) in [7, 11) is 0. The molecule has 7 nitrogen and oxygen atoms in total. The lowest BCUT2D eigenvalue weighted by Gasteiger charge is -2.40. The zero-order chi connectivity index (χ0) is 60.3. The summed E-state index contributed by atoms with van der Waals surface area (Å²) >= 11 is 3.73. The quantitative estimate of drug-likeness (QED) is 0.161. The third-order valence-electron chi connectivity index (χ3n) is 20.3. The number of ether oxygens (including phenoxy) is 2. The van der Waals surface area contributed by atoms with E-state index in [0.29, 0.717) is 0 Å². The number of para-hydroxylation sites is 7. The lowest BCUT2D eigenvalue weighted by atomic mass is 9.34. The maximum absolute atomic E-state index is 7.72. The van der Waals surface area contributed by atoms with E-state index < -0.39 is 0 Å². The molecule has 0 N–H and O–H groups in total. The van der Waals surface area contributed by atoms with Crippen LogP contribution < -0.4 is 51.4 Å². The first-order valence-corrected chi connectivity index (χ1v) is 33.4. The number of hydrogen-bond donors (Lipinski definition) is 0. The Bertz CT molecular complexity index is 6180. The molecule has 0 saturated heterocycles. The summed E-state index contributed by atoms with van der Waals surface area (Å²) in [6, 6.07) is 105. The SMILES string of the molecule is c1ccc(N2c3ccccc3B3c4cc5c6cc7c(cc6n(-c6cc8ccccc8s6)c5cc4Oc4cc(-n5c6ccccc6c6ccccc65)cc2c43)Oc2cc(-n3c4ccccc4c4ccccc43)cc3c2B7c2sc4ccccc4c2N3c2ccccc2)cc1. The minimum Gasteiger partial charge on any atom is -0.458 e. The van der Waals surface area contributed by atoms with Crippen LogP contribution in [0.1, 0.15) is 0 Å². The van der Waals surface area contributed by atoms with Crippen LogP contribution in [0.25, 0.3) is 102 Å². The lowest BCUT2D eigenvalue weighted by molar-refractivity contribution is 0.488. The molecule has 0 aliphatic carbocycles. The fourth-order valence-electron chi connectivity index (χ4n) is 16.5. The summed E-state index contributed by atoms with van der Waals surface area (Å²) < 4.78 is 26.5. The standard InChI is InChI=1S/C82H47B2N5O2S2/c1-3-22-49(23-4-1)85-67-36-18-13-31-60(67)83-61-44-58-59-45-62-73(47-69(59)89(78-39-48-21-7-19-37-76(48)92-78)68(58)46-72(61)90-74-42-51(40-70(85)79(74)83)86-63-32-14-8-26-53(63)54-27-9-15-33-64(54)86)91-75-43-52(87-65-34-16-10-28-55(65)56-29-11-17-35-66(56)87)41-71-80(75)84(62)82-81(57-30-12-20-38-77(57)93-82)88(71)50-24-5-2-6-25-50/h1-47H. The molecule has 9 heterocycles. The van der Waals surface area contributed by atoms with Crippen LogP contribution in [-0.2, 0) is 0 Å². The van der Waals surface area contributed by atoms with E-state index in [1.165, 1.54) is 63.1 Å². The number of rotatable bonds is 5. The minimum absolute atomic E-state index is 0.154. The maximum Gasteiger partial charge on any atom is 0.268 e. The highest BCUT2D eigenvalue weighted by atomic mass is 32.1. The van der Waals surface area contributed by atoms with Crippen molar-refractivity contribution in [3.05, 3.63) is 285 Å². The molecule has 18 aromatic rings. The Kier molecular flexibility index (Phi) is 10.0. The fraction of sp³-hybridized carbons (Fsp3) is 0. The largest absolute Gasteiger partial charge is 0.458 e. The second-order valence-corrected chi connectivity index (χ2v) is 27.2. The second-order valence-electron chi connectivity index (χ2n) is 25.0. The molecule has 0 unspecified atom stereocenters. The van der Waals surface area contributed by atoms with E-state index in [9.17, 15) is 0 Å². The molecule has 0 bridgehead atoms. The van der Waals surface area contributed by atoms with Gasteiger partial charge in [0, 0.05) is 105 Å². The molecule has 5 aromatic heterocycles. The summed E-state index contributed by atoms with van der Waals surface area (Å²) in [6.45, 7) is -0.310. The van der Waals surface area contributed by atoms with Gasteiger partial charge in [0.2, 0.25) is 0 Å². The summed E-state index contributed by atoms with van der Waals surface area (Å²) in [6.07, 6.45) is 0. The minimum atomic E-state index is -0.156. The first-order chi connectivity index (χ1) is 46.1. The van der Waals surface area contributed by atoms with Gasteiger partial charge in [0.25, 0.3) is 13.4 Å². The first-order valence-electron chi connectivity index (χ1n) is 31.8. The molecular formula is C82H47B2N5O2S2. The smallest absolute Gasteiger partial charge is 0.268 e. The van der Waals surface area contributed by atoms with Crippen molar-refractivity contribution in [1.29, 1.82) is 0 Å². The van der Waals surface area contributed by atoms with Gasteiger partial charge in [-0.05, 0) is 118 Å². The van der Waals surface area contributed by atoms with E-state index in [1.807, 2.05) is 22.7 Å². The van der Waals surface area contributed by atoms with Crippen LogP contribution in [0.2, 0.25) is 0 Å². The Balaban J connectivity index is 0.822. The third-order valence-corrected chi connectivity index (χ3v) is 22.6. The van der Waals surface area contributed by atoms with Gasteiger partial charge >= 0.3 is 0 Å². The van der Waals surface area contributed by atoms with Crippen LogP contribution in [0.5, 0.6) is 23.0 Å². The van der Waals surface area contributed by atoms with Gasteiger partial charge in [0.05, 0.1) is 50.2 Å². The molecule has 0 fully saturated rings. The highest BCUT2D eigenvalue weighted by molar-refractivity contribution is 7.33. The summed E-state index contributed by atoms with van der Waals surface area (Å²) in [5.41, 5.74) is 21.4. The van der Waals surface area contributed by atoms with Crippen molar-refractivity contribution in [1.82, 2.24) is 13.7 Å². The Hall–Kier alpha value is -11.5. The fourth-order valence-corrected chi connectivity index (χ4v) is 18.9. The number of nitrogens with zero attached hydrogens (tertiary/aromatic N) is 5. The monoisotopic (exact) mass is 1220 g/mol. The Morgan fingerprint density at radius 2 is 0.742 bits per heavy atom. The predicted molar refractivity (Wildman–Crippen MR) is 392 cm³/mol. The van der Waals surface area contributed by atoms with Gasteiger partial charge in [0.15, 0.2) is 0 Å². The normalized spacial score (nSPS) is 13.5. The summed E-state index contributed by atoms with van der Waals surface area (Å²) in [5, 5.41) is 10.8. The van der Waals surface area contributed by atoms with Crippen LogP contribution in [0.4, 0.5) is 34.1 Å². The first kappa shape index (κ1) is 50.3. The van der Waals surface area contributed by atoms with Gasteiger partial charge in [0.1, 0.15) is 28.0 Å². The molecule has 0 saturated carbocycles. The topological polar surface area (TPSA) is 39.7 Å². The molecule has 4 aliphatic rings. The van der Waals surface area contributed by atoms with Crippen LogP contribution in [0.3, 0.4) is 0 Å². The highest BCUT2D eigenvalue weighted by Gasteiger charge is 2.47. The van der Waals surface area contributed by atoms with Crippen LogP contribution in [0.15, 0.2) is 285 Å². The molecule has 13 aromatic carbocycles. The van der Waals surface area contributed by atoms with Crippen LogP contribution in [0, 0.1) is 0 Å². The number of anilines is 6. The van der Waals surface area contributed by atoms with Crippen molar-refractivity contribution in [2.24, 2.45) is 0 Å². The van der Waals surface area contributed by atoms with Gasteiger partial charge in [-0.3, -0.25) is 0 Å². The van der Waals surface area contributed by atoms with E-state index in [1.54, 1.807) is 0 Å². The molecule has 430 valence electrons. The summed E-state index contributed by atoms with van der Waals surface area (Å²) in [4.78, 5) is 4.98. The number of benzene rings is 13. The predicted octanol–water partition coefficient (Wildman–Crippen LogP) is 18.2. The average Bonchev–Trinajstić information content (AvgIpc) is 1.69. The number of thiophene rings is 2. The third kappa shape index (κ3) is 6.83. The van der Waals surface area contributed by atoms with Gasteiger partial charge < -0.3 is 33.0 Å². The van der Waals surface area contributed by atoms with E-state index in [2.05, 4.69) is 309 Å². The Labute approximate surface area is 541 Å². The number of aromatic nitrogens is 3. The molecule has 0 spiro atoms. The van der Waals surface area contributed by atoms with E-state index >= 15 is 0 Å². The van der Waals surface area contributed by atoms with E-state index in [-0.39, 0.29) is 13.4 Å². The molecule has 0 atom stereocenters. The van der Waals surface area contributed by atoms with E-state index in [0.717, 1.165) is 128 Å². The molecule has 11 heteroatoms. The molecule has 0 amide bonds. The Morgan fingerprint density at radius 1 is 0.280 bits per heavy atom. The van der Waals surface area contributed by atoms with Crippen molar-refractivity contribution in [3.63, 3.8) is 0 Å². The zero-order valence-corrected chi connectivity index (χ0v) is 51.3. The maximum atomic E-state index is 7.72. The molecule has 0 radical (unpaired) electrons. The number of fused-ring (bicyclic) bond motifs is 20. The van der Waals surface area contributed by atoms with E-state index in [4.69, 9.17) is 9.47 Å². The van der Waals surface area contributed by atoms with Crippen LogP contribution >= 0.6 is 22.7 Å². The molecule has 22 rings (SSSR count). The molecule has 93 heavy (non-hydrogen) atoms. The van der Waals surface area contributed by atoms with Gasteiger partial charge in [-0.1, -0.05) is 176 Å². The second kappa shape index (κ2) is 18.6. The number of hydrogen-bond acceptors (Lipinski definition) is 6. The molecular weight excluding hydrogens is 1170 g/mol. The highest BCUT2D eigenvalue weighted by Crippen LogP contribution is 2.51. The van der Waals surface area contributed by atoms with Crippen molar-refractivity contribution in [2.45, 2.75) is 0 Å². The summed E-state index contributed by atoms with van der Waals surface area (Å²) in [5.74, 6) is 3.40. The van der Waals surface area contributed by atoms with Gasteiger partial charge in [-0.25, -0.2) is 0 Å². The molecule has 4 aliphatic heterocycles. The van der Waals surface area contributed by atoms with Crippen molar-refractivity contribution < 1.29 is 9.47 Å². The van der Waals surface area contributed by atoms with Gasteiger partial charge in [-0.15, -0.1) is 22.7 Å². The van der Waals surface area contributed by atoms with Crippen LogP contribution in [-0.4, -0.2) is 27.1 Å². The Morgan fingerprint density at radius 3 is 1.32 bits per heavy atom. The lowest BCUT2D eigenvalue weighted by Crippen LogP contribution is -2.59. The average molecular weight is 1220 g/mol.